The molecule has 82 valence electrons. The van der Waals surface area contributed by atoms with E-state index in [9.17, 15) is 9.59 Å². The first-order chi connectivity index (χ1) is 7.69. The molecule has 0 atom stereocenters. The van der Waals surface area contributed by atoms with Gasteiger partial charge in [0.25, 0.3) is 0 Å². The summed E-state index contributed by atoms with van der Waals surface area (Å²) < 4.78 is 14.6. The Balaban J connectivity index is 1.90. The quantitative estimate of drug-likeness (QED) is 0.444. The van der Waals surface area contributed by atoms with Gasteiger partial charge in [-0.15, -0.1) is 0 Å². The lowest BCUT2D eigenvalue weighted by molar-refractivity contribution is -0.150. The molecule has 0 aromatic carbocycles. The van der Waals surface area contributed by atoms with Crippen molar-refractivity contribution in [3.63, 3.8) is 0 Å². The predicted molar refractivity (Wildman–Crippen MR) is 54.2 cm³/mol. The van der Waals surface area contributed by atoms with Crippen LogP contribution in [-0.2, 0) is 14.3 Å². The molecule has 2 rings (SSSR count). The van der Waals surface area contributed by atoms with Gasteiger partial charge in [0, 0.05) is 12.1 Å². The summed E-state index contributed by atoms with van der Waals surface area (Å²) >= 11 is 0. The number of rotatable bonds is 4. The summed E-state index contributed by atoms with van der Waals surface area (Å²) in [6.45, 7) is 2.75. The predicted octanol–water partition coefficient (Wildman–Crippen LogP) is 1.51. The summed E-state index contributed by atoms with van der Waals surface area (Å²) in [5.74, 6) is -1.01. The van der Waals surface area contributed by atoms with Crippen molar-refractivity contribution in [3.8, 4) is 5.75 Å². The van der Waals surface area contributed by atoms with E-state index in [2.05, 4.69) is 11.3 Å². The molecule has 5 heteroatoms. The summed E-state index contributed by atoms with van der Waals surface area (Å²) in [5.41, 5.74) is 1.11. The second kappa shape index (κ2) is 4.06. The molecule has 2 bridgehead atoms. The van der Waals surface area contributed by atoms with Gasteiger partial charge in [-0.25, -0.2) is 9.59 Å². The Kier molecular flexibility index (Phi) is 2.59. The highest BCUT2D eigenvalue weighted by Gasteiger charge is 2.13. The molecule has 16 heavy (non-hydrogen) atoms. The molecule has 0 amide bonds. The summed E-state index contributed by atoms with van der Waals surface area (Å²) in [7, 11) is 0. The molecule has 0 N–H and O–H groups in total. The van der Waals surface area contributed by atoms with Gasteiger partial charge >= 0.3 is 11.9 Å². The molecule has 2 aromatic rings. The second-order valence-electron chi connectivity index (χ2n) is 3.00. The molecule has 2 heterocycles. The SMILES string of the molecule is C=CC(=O)OCC(=O)Oc1cc2ccc1o2. The van der Waals surface area contributed by atoms with Crippen molar-refractivity contribution in [1.82, 2.24) is 0 Å². The number of furan rings is 2. The van der Waals surface area contributed by atoms with Gasteiger partial charge in [0.15, 0.2) is 17.9 Å². The number of hydrogen-bond acceptors (Lipinski definition) is 5. The van der Waals surface area contributed by atoms with Crippen molar-refractivity contribution >= 4 is 23.1 Å². The van der Waals surface area contributed by atoms with E-state index in [1.165, 1.54) is 0 Å². The van der Waals surface area contributed by atoms with Crippen LogP contribution in [0.1, 0.15) is 0 Å². The van der Waals surface area contributed by atoms with E-state index < -0.39 is 18.5 Å². The van der Waals surface area contributed by atoms with Crippen molar-refractivity contribution in [1.29, 1.82) is 0 Å². The van der Waals surface area contributed by atoms with Gasteiger partial charge in [-0.3, -0.25) is 0 Å². The highest BCUT2D eigenvalue weighted by molar-refractivity contribution is 5.85. The molecule has 0 aliphatic heterocycles. The number of benzene rings is 1. The minimum absolute atomic E-state index is 0.331. The molecule has 0 fully saturated rings. The second-order valence-corrected chi connectivity index (χ2v) is 3.00. The van der Waals surface area contributed by atoms with E-state index in [0.29, 0.717) is 16.9 Å². The van der Waals surface area contributed by atoms with E-state index in [1.54, 1.807) is 18.2 Å². The smallest absolute Gasteiger partial charge is 0.349 e. The first-order valence-electron chi connectivity index (χ1n) is 4.51. The van der Waals surface area contributed by atoms with Crippen LogP contribution < -0.4 is 4.74 Å². The Morgan fingerprint density at radius 3 is 2.81 bits per heavy atom. The van der Waals surface area contributed by atoms with Crippen molar-refractivity contribution < 1.29 is 23.5 Å². The van der Waals surface area contributed by atoms with Crippen molar-refractivity contribution in [2.24, 2.45) is 0 Å². The van der Waals surface area contributed by atoms with E-state index in [1.807, 2.05) is 0 Å². The highest BCUT2D eigenvalue weighted by atomic mass is 16.6. The fourth-order valence-electron chi connectivity index (χ4n) is 1.18. The maximum Gasteiger partial charge on any atom is 0.349 e. The van der Waals surface area contributed by atoms with Gasteiger partial charge < -0.3 is 13.9 Å². The molecular weight excluding hydrogens is 212 g/mol. The van der Waals surface area contributed by atoms with Crippen LogP contribution in [0.2, 0.25) is 0 Å². The number of carbonyl (C=O) groups excluding carboxylic acids is 2. The van der Waals surface area contributed by atoms with Crippen LogP contribution in [0.5, 0.6) is 5.75 Å². The molecule has 0 saturated heterocycles. The number of hydrogen-bond donors (Lipinski definition) is 0. The van der Waals surface area contributed by atoms with Gasteiger partial charge in [0.05, 0.1) is 0 Å². The van der Waals surface area contributed by atoms with Crippen LogP contribution in [-0.4, -0.2) is 18.5 Å². The zero-order chi connectivity index (χ0) is 11.5. The molecule has 0 saturated carbocycles. The van der Waals surface area contributed by atoms with Crippen molar-refractivity contribution in [2.45, 2.75) is 0 Å². The Bertz CT molecular complexity index is 525. The minimum atomic E-state index is -0.669. The van der Waals surface area contributed by atoms with Gasteiger partial charge in [-0.2, -0.15) is 0 Å². The van der Waals surface area contributed by atoms with E-state index in [0.717, 1.165) is 6.08 Å². The van der Waals surface area contributed by atoms with Gasteiger partial charge in [-0.1, -0.05) is 6.58 Å². The molecule has 0 aliphatic rings. The van der Waals surface area contributed by atoms with E-state index in [4.69, 9.17) is 9.15 Å². The van der Waals surface area contributed by atoms with Crippen LogP contribution >= 0.6 is 0 Å². The first-order valence-corrected chi connectivity index (χ1v) is 4.51. The lowest BCUT2D eigenvalue weighted by Gasteiger charge is -2.02. The molecule has 0 spiro atoms. The number of carbonyl (C=O) groups is 2. The highest BCUT2D eigenvalue weighted by Crippen LogP contribution is 2.28. The molecule has 0 unspecified atom stereocenters. The number of esters is 2. The normalized spacial score (nSPS) is 10.2. The van der Waals surface area contributed by atoms with E-state index >= 15 is 0 Å². The maximum absolute atomic E-state index is 11.2. The zero-order valence-electron chi connectivity index (χ0n) is 8.26. The largest absolute Gasteiger partial charge is 0.453 e. The minimum Gasteiger partial charge on any atom is -0.453 e. The summed E-state index contributed by atoms with van der Waals surface area (Å²) in [6, 6.07) is 5.03. The standard InChI is InChI=1S/C11H8O5/c1-2-10(12)14-6-11(13)16-9-5-7-3-4-8(9)15-7/h2-5H,1,6H2. The lowest BCUT2D eigenvalue weighted by Crippen LogP contribution is -2.17. The fraction of sp³-hybridized carbons (Fsp3) is 0.0909. The van der Waals surface area contributed by atoms with Gasteiger partial charge in [-0.05, 0) is 12.1 Å². The van der Waals surface area contributed by atoms with Crippen LogP contribution in [0.25, 0.3) is 11.2 Å². The van der Waals surface area contributed by atoms with Gasteiger partial charge in [0.1, 0.15) is 5.58 Å². The third kappa shape index (κ3) is 2.03. The fourth-order valence-corrected chi connectivity index (χ4v) is 1.18. The number of ether oxygens (including phenoxy) is 2. The van der Waals surface area contributed by atoms with Crippen molar-refractivity contribution in [3.05, 3.63) is 30.9 Å². The number of fused-ring (bicyclic) bond motifs is 2. The Morgan fingerprint density at radius 1 is 1.44 bits per heavy atom. The molecule has 5 nitrogen and oxygen atoms in total. The molecule has 0 aliphatic carbocycles. The summed E-state index contributed by atoms with van der Waals surface area (Å²) in [4.78, 5) is 21.9. The Hall–Kier alpha value is -2.30. The van der Waals surface area contributed by atoms with Crippen LogP contribution in [0.15, 0.2) is 35.3 Å². The molecular formula is C11H8O5. The zero-order valence-corrected chi connectivity index (χ0v) is 8.26. The average Bonchev–Trinajstić information content (AvgIpc) is 2.87. The third-order valence-electron chi connectivity index (χ3n) is 1.87. The average molecular weight is 220 g/mol. The molecule has 0 radical (unpaired) electrons. The van der Waals surface area contributed by atoms with Crippen LogP contribution in [0.4, 0.5) is 0 Å². The Morgan fingerprint density at radius 2 is 2.25 bits per heavy atom. The summed E-state index contributed by atoms with van der Waals surface area (Å²) in [6.07, 6.45) is 0.973. The summed E-state index contributed by atoms with van der Waals surface area (Å²) in [5, 5.41) is 0. The van der Waals surface area contributed by atoms with Crippen molar-refractivity contribution in [2.75, 3.05) is 6.61 Å². The first kappa shape index (κ1) is 10.2. The van der Waals surface area contributed by atoms with E-state index in [-0.39, 0.29) is 0 Å². The molecule has 2 aromatic heterocycles. The monoisotopic (exact) mass is 220 g/mol. The maximum atomic E-state index is 11.2. The third-order valence-corrected chi connectivity index (χ3v) is 1.87. The van der Waals surface area contributed by atoms with Crippen LogP contribution in [0, 0.1) is 0 Å². The topological polar surface area (TPSA) is 65.7 Å². The lowest BCUT2D eigenvalue weighted by atomic mass is 10.3. The van der Waals surface area contributed by atoms with Gasteiger partial charge in [0.2, 0.25) is 0 Å². The Labute approximate surface area is 90.6 Å². The van der Waals surface area contributed by atoms with Crippen LogP contribution in [0.3, 0.4) is 0 Å².